The van der Waals surface area contributed by atoms with Gasteiger partial charge in [0.1, 0.15) is 5.69 Å². The van der Waals surface area contributed by atoms with E-state index in [0.717, 1.165) is 16.7 Å². The van der Waals surface area contributed by atoms with E-state index in [-0.39, 0.29) is 24.1 Å². The van der Waals surface area contributed by atoms with E-state index >= 15 is 0 Å². The number of H-pyrrole nitrogens is 1. The molecule has 0 spiro atoms. The highest BCUT2D eigenvalue weighted by atomic mass is 16.2. The summed E-state index contributed by atoms with van der Waals surface area (Å²) < 4.78 is 0. The van der Waals surface area contributed by atoms with Gasteiger partial charge in [0.15, 0.2) is 5.78 Å². The van der Waals surface area contributed by atoms with Gasteiger partial charge < -0.3 is 10.6 Å². The summed E-state index contributed by atoms with van der Waals surface area (Å²) in [6.07, 6.45) is 3.34. The summed E-state index contributed by atoms with van der Waals surface area (Å²) in [6.45, 7) is 1.67. The third-order valence-corrected chi connectivity index (χ3v) is 5.42. The van der Waals surface area contributed by atoms with Crippen LogP contribution in [-0.4, -0.2) is 39.1 Å². The topological polar surface area (TPSA) is 117 Å². The number of carbonyl (C=O) groups is 3. The number of aryl methyl sites for hydroxylation is 1. The Morgan fingerprint density at radius 1 is 1.30 bits per heavy atom. The summed E-state index contributed by atoms with van der Waals surface area (Å²) in [5.74, 6) is -1.48. The molecule has 3 N–H and O–H groups in total. The number of aromatic nitrogens is 3. The molecule has 4 rings (SSSR count). The molecular weight excluding hydrogens is 346 g/mol. The molecule has 1 aromatic heterocycles. The molecule has 0 radical (unpaired) electrons. The van der Waals surface area contributed by atoms with Gasteiger partial charge in [-0.05, 0) is 36.0 Å². The van der Waals surface area contributed by atoms with Crippen LogP contribution in [0.5, 0.6) is 0 Å². The number of amides is 2. The van der Waals surface area contributed by atoms with E-state index in [1.807, 2.05) is 18.2 Å². The van der Waals surface area contributed by atoms with Gasteiger partial charge >= 0.3 is 0 Å². The molecule has 1 unspecified atom stereocenters. The van der Waals surface area contributed by atoms with Gasteiger partial charge in [0.25, 0.3) is 0 Å². The lowest BCUT2D eigenvalue weighted by molar-refractivity contribution is -0.132. The van der Waals surface area contributed by atoms with Crippen molar-refractivity contribution in [1.29, 1.82) is 0 Å². The highest BCUT2D eigenvalue weighted by Gasteiger charge is 2.46. The van der Waals surface area contributed by atoms with Gasteiger partial charge in [-0.2, -0.15) is 15.4 Å². The van der Waals surface area contributed by atoms with Crippen molar-refractivity contribution in [3.63, 3.8) is 0 Å². The zero-order chi connectivity index (χ0) is 19.0. The van der Waals surface area contributed by atoms with Crippen LogP contribution in [0.15, 0.2) is 24.4 Å². The van der Waals surface area contributed by atoms with Crippen LogP contribution in [0.1, 0.15) is 41.6 Å². The molecule has 0 aliphatic heterocycles. The molecule has 0 bridgehead atoms. The number of nitrogens with zero attached hydrogens (tertiary/aromatic N) is 2. The lowest BCUT2D eigenvalue weighted by atomic mass is 9.85. The molecule has 2 aliphatic carbocycles. The minimum atomic E-state index is -0.559. The second-order valence-electron chi connectivity index (χ2n) is 7.15. The van der Waals surface area contributed by atoms with Crippen LogP contribution in [0.4, 0.5) is 0 Å². The number of nitrogens with one attached hydrogen (secondary N) is 3. The molecule has 27 heavy (non-hydrogen) atoms. The van der Waals surface area contributed by atoms with Gasteiger partial charge in [0.2, 0.25) is 11.8 Å². The fourth-order valence-corrected chi connectivity index (χ4v) is 4.27. The average molecular weight is 367 g/mol. The Labute approximate surface area is 156 Å². The summed E-state index contributed by atoms with van der Waals surface area (Å²) >= 11 is 0. The Balaban J connectivity index is 1.62. The zero-order valence-electron chi connectivity index (χ0n) is 15.0. The van der Waals surface area contributed by atoms with Gasteiger partial charge in [0.05, 0.1) is 30.6 Å². The van der Waals surface area contributed by atoms with E-state index in [1.165, 1.54) is 6.92 Å². The monoisotopic (exact) mass is 367 g/mol. The SMILES string of the molecule is CC(=O)N[C@H]1CCc2cccc3c2C(C1=O)[C@H](C(=O)NCc1cn[nH]n1)C3. The van der Waals surface area contributed by atoms with Gasteiger partial charge in [0, 0.05) is 6.92 Å². The van der Waals surface area contributed by atoms with Crippen LogP contribution in [0, 0.1) is 5.92 Å². The summed E-state index contributed by atoms with van der Waals surface area (Å²) in [4.78, 5) is 37.7. The molecular formula is C19H21N5O3. The first-order valence-electron chi connectivity index (χ1n) is 9.08. The Morgan fingerprint density at radius 3 is 2.85 bits per heavy atom. The second kappa shape index (κ2) is 6.94. The number of hydrogen-bond acceptors (Lipinski definition) is 5. The molecule has 0 saturated heterocycles. The number of aromatic amines is 1. The van der Waals surface area contributed by atoms with E-state index < -0.39 is 17.9 Å². The standard InChI is InChI=1S/C19H21N5O3/c1-10(25)22-15-6-5-11-3-2-4-12-7-14(17(16(11)12)18(15)26)19(27)20-8-13-9-21-24-23-13/h2-4,9,14-15,17H,5-8H2,1H3,(H,20,27)(H,22,25)(H,21,23,24)/t14-,15+,17?/m1/s1. The number of hydrogen-bond donors (Lipinski definition) is 3. The molecule has 2 aromatic rings. The van der Waals surface area contributed by atoms with Gasteiger partial charge in [-0.1, -0.05) is 18.2 Å². The molecule has 2 aliphatic rings. The number of carbonyl (C=O) groups excluding carboxylic acids is 3. The predicted octanol–water partition coefficient (Wildman–Crippen LogP) is 0.397. The zero-order valence-corrected chi connectivity index (χ0v) is 15.0. The molecule has 140 valence electrons. The molecule has 2 amide bonds. The summed E-state index contributed by atoms with van der Waals surface area (Å²) in [7, 11) is 0. The van der Waals surface area contributed by atoms with Gasteiger partial charge in [-0.3, -0.25) is 14.4 Å². The van der Waals surface area contributed by atoms with Crippen LogP contribution in [0.25, 0.3) is 0 Å². The Bertz CT molecular complexity index is 893. The molecule has 8 nitrogen and oxygen atoms in total. The Hall–Kier alpha value is -3.03. The van der Waals surface area contributed by atoms with E-state index in [2.05, 4.69) is 26.0 Å². The maximum atomic E-state index is 13.2. The fourth-order valence-electron chi connectivity index (χ4n) is 4.27. The van der Waals surface area contributed by atoms with Gasteiger partial charge in [-0.15, -0.1) is 0 Å². The van der Waals surface area contributed by atoms with Crippen molar-refractivity contribution in [3.05, 3.63) is 46.8 Å². The van der Waals surface area contributed by atoms with E-state index in [9.17, 15) is 14.4 Å². The first kappa shape index (κ1) is 17.4. The van der Waals surface area contributed by atoms with Crippen LogP contribution < -0.4 is 10.6 Å². The quantitative estimate of drug-likeness (QED) is 0.723. The third-order valence-electron chi connectivity index (χ3n) is 5.42. The van der Waals surface area contributed by atoms with Crippen LogP contribution in [0.2, 0.25) is 0 Å². The lowest BCUT2D eigenvalue weighted by Crippen LogP contribution is -2.44. The maximum absolute atomic E-state index is 13.2. The van der Waals surface area contributed by atoms with E-state index in [1.54, 1.807) is 6.20 Å². The first-order chi connectivity index (χ1) is 13.0. The van der Waals surface area contributed by atoms with Crippen molar-refractivity contribution in [3.8, 4) is 0 Å². The second-order valence-corrected chi connectivity index (χ2v) is 7.15. The number of ketones is 1. The van der Waals surface area contributed by atoms with Crippen LogP contribution in [0.3, 0.4) is 0 Å². The molecule has 0 saturated carbocycles. The van der Waals surface area contributed by atoms with Crippen molar-refractivity contribution in [2.45, 2.75) is 44.7 Å². The van der Waals surface area contributed by atoms with Gasteiger partial charge in [-0.25, -0.2) is 0 Å². The van der Waals surface area contributed by atoms with Crippen molar-refractivity contribution >= 4 is 17.6 Å². The summed E-state index contributed by atoms with van der Waals surface area (Å²) in [6, 6.07) is 5.43. The molecule has 1 heterocycles. The highest BCUT2D eigenvalue weighted by Crippen LogP contribution is 2.43. The molecule has 1 aromatic carbocycles. The van der Waals surface area contributed by atoms with Crippen molar-refractivity contribution in [1.82, 2.24) is 26.0 Å². The molecule has 8 heteroatoms. The van der Waals surface area contributed by atoms with Crippen molar-refractivity contribution < 1.29 is 14.4 Å². The molecule has 3 atom stereocenters. The van der Waals surface area contributed by atoms with Crippen LogP contribution >= 0.6 is 0 Å². The summed E-state index contributed by atoms with van der Waals surface area (Å²) in [5, 5.41) is 15.8. The smallest absolute Gasteiger partial charge is 0.224 e. The number of rotatable bonds is 4. The van der Waals surface area contributed by atoms with Crippen LogP contribution in [-0.2, 0) is 33.8 Å². The minimum Gasteiger partial charge on any atom is -0.350 e. The van der Waals surface area contributed by atoms with Crippen molar-refractivity contribution in [2.24, 2.45) is 5.92 Å². The number of benzene rings is 1. The average Bonchev–Trinajstić information content (AvgIpc) is 3.27. The molecule has 0 fully saturated rings. The Kier molecular flexibility index (Phi) is 4.47. The van der Waals surface area contributed by atoms with E-state index in [0.29, 0.717) is 25.0 Å². The highest BCUT2D eigenvalue weighted by molar-refractivity contribution is 5.99. The predicted molar refractivity (Wildman–Crippen MR) is 95.5 cm³/mol. The fraction of sp³-hybridized carbons (Fsp3) is 0.421. The van der Waals surface area contributed by atoms with Crippen molar-refractivity contribution in [2.75, 3.05) is 0 Å². The number of Topliss-reactive ketones (excluding diaryl/α,β-unsaturated/α-hetero) is 1. The third kappa shape index (κ3) is 3.22. The normalized spacial score (nSPS) is 23.4. The lowest BCUT2D eigenvalue weighted by Gasteiger charge is -2.22. The first-order valence-corrected chi connectivity index (χ1v) is 9.08. The Morgan fingerprint density at radius 2 is 2.11 bits per heavy atom. The summed E-state index contributed by atoms with van der Waals surface area (Å²) in [5.41, 5.74) is 3.77. The minimum absolute atomic E-state index is 0.0736. The maximum Gasteiger partial charge on any atom is 0.224 e. The van der Waals surface area contributed by atoms with E-state index in [4.69, 9.17) is 0 Å². The largest absolute Gasteiger partial charge is 0.350 e.